The summed E-state index contributed by atoms with van der Waals surface area (Å²) in [6.45, 7) is 3.03. The average molecular weight is 426 g/mol. The number of nitrogens with zero attached hydrogens (tertiary/aromatic N) is 2. The van der Waals surface area contributed by atoms with Crippen molar-refractivity contribution in [1.29, 1.82) is 0 Å². The van der Waals surface area contributed by atoms with Gasteiger partial charge in [0.15, 0.2) is 0 Å². The summed E-state index contributed by atoms with van der Waals surface area (Å²) >= 11 is 6.18. The molecule has 4 rings (SSSR count). The molecule has 7 heteroatoms. The average Bonchev–Trinajstić information content (AvgIpc) is 3.05. The predicted octanol–water partition coefficient (Wildman–Crippen LogP) is 3.63. The number of hydrogen-bond acceptors (Lipinski definition) is 4. The third-order valence-corrected chi connectivity index (χ3v) is 6.39. The topological polar surface area (TPSA) is 69.7 Å². The summed E-state index contributed by atoms with van der Waals surface area (Å²) in [5.74, 6) is -0.511. The van der Waals surface area contributed by atoms with Gasteiger partial charge < -0.3 is 5.32 Å². The van der Waals surface area contributed by atoms with Crippen LogP contribution in [-0.2, 0) is 14.4 Å². The van der Waals surface area contributed by atoms with Crippen LogP contribution < -0.4 is 10.2 Å². The third kappa shape index (κ3) is 3.98. The van der Waals surface area contributed by atoms with Crippen LogP contribution in [0.15, 0.2) is 48.5 Å². The Morgan fingerprint density at radius 1 is 1.03 bits per heavy atom. The lowest BCUT2D eigenvalue weighted by Gasteiger charge is -2.34. The molecule has 6 nitrogen and oxygen atoms in total. The fourth-order valence-electron chi connectivity index (χ4n) is 4.23. The van der Waals surface area contributed by atoms with Crippen LogP contribution in [0.2, 0.25) is 5.02 Å². The van der Waals surface area contributed by atoms with Crippen molar-refractivity contribution in [2.24, 2.45) is 5.92 Å². The van der Waals surface area contributed by atoms with Gasteiger partial charge in [0.2, 0.25) is 11.8 Å². The fraction of sp³-hybridized carbons (Fsp3) is 0.348. The summed E-state index contributed by atoms with van der Waals surface area (Å²) in [7, 11) is 0. The van der Waals surface area contributed by atoms with E-state index in [1.54, 1.807) is 18.2 Å². The first-order valence-electron chi connectivity index (χ1n) is 10.2. The lowest BCUT2D eigenvalue weighted by atomic mass is 9.94. The number of amides is 3. The summed E-state index contributed by atoms with van der Waals surface area (Å²) in [6.07, 6.45) is 1.48. The highest BCUT2D eigenvalue weighted by Crippen LogP contribution is 2.33. The Balaban J connectivity index is 1.39. The van der Waals surface area contributed by atoms with Crippen molar-refractivity contribution >= 4 is 40.7 Å². The van der Waals surface area contributed by atoms with E-state index in [4.69, 9.17) is 11.6 Å². The Kier molecular flexibility index (Phi) is 5.88. The minimum absolute atomic E-state index is 0.00542. The van der Waals surface area contributed by atoms with Crippen LogP contribution in [0.25, 0.3) is 0 Å². The molecule has 0 bridgehead atoms. The van der Waals surface area contributed by atoms with Gasteiger partial charge in [-0.05, 0) is 62.7 Å². The maximum atomic E-state index is 13.1. The van der Waals surface area contributed by atoms with Crippen molar-refractivity contribution in [3.05, 3.63) is 59.1 Å². The molecular formula is C23H24ClN3O3. The largest absolute Gasteiger partial charge is 0.326 e. The highest BCUT2D eigenvalue weighted by molar-refractivity contribution is 6.32. The van der Waals surface area contributed by atoms with Crippen LogP contribution >= 0.6 is 11.6 Å². The van der Waals surface area contributed by atoms with Crippen LogP contribution in [-0.4, -0.2) is 41.8 Å². The second-order valence-corrected chi connectivity index (χ2v) is 8.24. The van der Waals surface area contributed by atoms with Gasteiger partial charge in [-0.2, -0.15) is 0 Å². The summed E-state index contributed by atoms with van der Waals surface area (Å²) in [6, 6.07) is 14.2. The van der Waals surface area contributed by atoms with Gasteiger partial charge in [0.1, 0.15) is 0 Å². The van der Waals surface area contributed by atoms with E-state index in [1.165, 1.54) is 4.90 Å². The molecule has 30 heavy (non-hydrogen) atoms. The molecular weight excluding hydrogens is 402 g/mol. The number of para-hydroxylation sites is 1. The number of anilines is 2. The van der Waals surface area contributed by atoms with Gasteiger partial charge in [0.05, 0.1) is 18.2 Å². The highest BCUT2D eigenvalue weighted by Gasteiger charge is 2.44. The van der Waals surface area contributed by atoms with Gasteiger partial charge in [-0.1, -0.05) is 35.9 Å². The minimum Gasteiger partial charge on any atom is -0.326 e. The molecule has 2 aliphatic heterocycles. The molecule has 3 amide bonds. The van der Waals surface area contributed by atoms with Gasteiger partial charge in [-0.25, -0.2) is 4.90 Å². The van der Waals surface area contributed by atoms with Gasteiger partial charge in [0, 0.05) is 16.6 Å². The van der Waals surface area contributed by atoms with E-state index in [9.17, 15) is 14.4 Å². The number of hydrogen-bond donors (Lipinski definition) is 1. The number of benzene rings is 2. The molecule has 0 saturated carbocycles. The molecule has 0 aliphatic carbocycles. The number of likely N-dealkylation sites (tertiary alicyclic amines) is 1. The number of nitrogens with one attached hydrogen (secondary N) is 1. The summed E-state index contributed by atoms with van der Waals surface area (Å²) in [5.41, 5.74) is 2.06. The number of halogens is 1. The number of piperidine rings is 1. The number of imide groups is 1. The zero-order valence-corrected chi connectivity index (χ0v) is 17.6. The Labute approximate surface area is 180 Å². The zero-order chi connectivity index (χ0) is 21.3. The molecule has 1 atom stereocenters. The van der Waals surface area contributed by atoms with Crippen LogP contribution in [0.3, 0.4) is 0 Å². The van der Waals surface area contributed by atoms with Gasteiger partial charge in [0.25, 0.3) is 5.91 Å². The zero-order valence-electron chi connectivity index (χ0n) is 16.8. The van der Waals surface area contributed by atoms with Crippen LogP contribution in [0.4, 0.5) is 11.4 Å². The molecule has 0 aromatic heterocycles. The Morgan fingerprint density at radius 2 is 1.73 bits per heavy atom. The van der Waals surface area contributed by atoms with Crippen molar-refractivity contribution in [3.8, 4) is 0 Å². The molecule has 0 radical (unpaired) electrons. The summed E-state index contributed by atoms with van der Waals surface area (Å²) < 4.78 is 0. The number of carbonyl (C=O) groups is 3. The molecule has 2 aliphatic rings. The molecule has 2 heterocycles. The second kappa shape index (κ2) is 8.58. The molecule has 0 spiro atoms. The maximum Gasteiger partial charge on any atom is 0.251 e. The molecule has 156 valence electrons. The van der Waals surface area contributed by atoms with E-state index in [2.05, 4.69) is 5.32 Å². The lowest BCUT2D eigenvalue weighted by Crippen LogP contribution is -2.47. The monoisotopic (exact) mass is 425 g/mol. The first-order valence-corrected chi connectivity index (χ1v) is 10.6. The Morgan fingerprint density at radius 3 is 2.43 bits per heavy atom. The molecule has 0 unspecified atom stereocenters. The normalized spacial score (nSPS) is 20.6. The summed E-state index contributed by atoms with van der Waals surface area (Å²) in [5, 5.41) is 3.48. The third-order valence-electron chi connectivity index (χ3n) is 5.99. The standard InChI is InChI=1S/C23H24ClN3O3/c1-15-18(24)8-5-9-19(15)27-21(28)14-20(23(27)30)26-12-10-16(11-13-26)22(29)25-17-6-3-2-4-7-17/h2-9,16,20H,10-14H2,1H3,(H,25,29)/t20-/m1/s1. The van der Waals surface area contributed by atoms with Crippen molar-refractivity contribution < 1.29 is 14.4 Å². The smallest absolute Gasteiger partial charge is 0.251 e. The van der Waals surface area contributed by atoms with E-state index in [-0.39, 0.29) is 30.1 Å². The predicted molar refractivity (Wildman–Crippen MR) is 116 cm³/mol. The van der Waals surface area contributed by atoms with Crippen molar-refractivity contribution in [3.63, 3.8) is 0 Å². The maximum absolute atomic E-state index is 13.1. The SMILES string of the molecule is Cc1c(Cl)cccc1N1C(=O)C[C@@H](N2CCC(C(=O)Nc3ccccc3)CC2)C1=O. The quantitative estimate of drug-likeness (QED) is 0.759. The molecule has 2 fully saturated rings. The van der Waals surface area contributed by atoms with Gasteiger partial charge in [-0.3, -0.25) is 19.3 Å². The Hall–Kier alpha value is -2.70. The van der Waals surface area contributed by atoms with E-state index in [1.807, 2.05) is 42.2 Å². The van der Waals surface area contributed by atoms with Gasteiger partial charge >= 0.3 is 0 Å². The Bertz CT molecular complexity index is 971. The summed E-state index contributed by atoms with van der Waals surface area (Å²) in [4.78, 5) is 41.6. The first-order chi connectivity index (χ1) is 14.5. The minimum atomic E-state index is -0.478. The molecule has 2 aromatic carbocycles. The lowest BCUT2D eigenvalue weighted by molar-refractivity contribution is -0.123. The van der Waals surface area contributed by atoms with Crippen molar-refractivity contribution in [2.45, 2.75) is 32.2 Å². The van der Waals surface area contributed by atoms with Crippen molar-refractivity contribution in [2.75, 3.05) is 23.3 Å². The van der Waals surface area contributed by atoms with Gasteiger partial charge in [-0.15, -0.1) is 0 Å². The number of rotatable bonds is 4. The first kappa shape index (κ1) is 20.6. The second-order valence-electron chi connectivity index (χ2n) is 7.84. The highest BCUT2D eigenvalue weighted by atomic mass is 35.5. The van der Waals surface area contributed by atoms with E-state index in [0.29, 0.717) is 36.6 Å². The van der Waals surface area contributed by atoms with Crippen LogP contribution in [0.1, 0.15) is 24.8 Å². The van der Waals surface area contributed by atoms with E-state index >= 15 is 0 Å². The van der Waals surface area contributed by atoms with E-state index < -0.39 is 6.04 Å². The van der Waals surface area contributed by atoms with Crippen molar-refractivity contribution in [1.82, 2.24) is 4.90 Å². The molecule has 2 aromatic rings. The fourth-order valence-corrected chi connectivity index (χ4v) is 4.40. The molecule has 2 saturated heterocycles. The van der Waals surface area contributed by atoms with Crippen LogP contribution in [0, 0.1) is 12.8 Å². The number of carbonyl (C=O) groups excluding carboxylic acids is 3. The molecule has 1 N–H and O–H groups in total. The van der Waals surface area contributed by atoms with Crippen LogP contribution in [0.5, 0.6) is 0 Å². The van der Waals surface area contributed by atoms with E-state index in [0.717, 1.165) is 11.3 Å².